The molecule has 1 aromatic rings. The molecule has 1 atom stereocenters. The van der Waals surface area contributed by atoms with Crippen molar-refractivity contribution in [2.45, 2.75) is 37.7 Å². The topological polar surface area (TPSA) is 111 Å². The molecule has 1 rings (SSSR count). The Bertz CT molecular complexity index is 604. The first kappa shape index (κ1) is 19.6. The van der Waals surface area contributed by atoms with Gasteiger partial charge in [0.15, 0.2) is 0 Å². The number of sulfonamides is 1. The van der Waals surface area contributed by atoms with Gasteiger partial charge in [0.25, 0.3) is 5.91 Å². The monoisotopic (exact) mass is 343 g/mol. The lowest BCUT2D eigenvalue weighted by atomic mass is 10.3. The van der Waals surface area contributed by atoms with Gasteiger partial charge in [0.05, 0.1) is 4.90 Å². The van der Waals surface area contributed by atoms with E-state index < -0.39 is 16.1 Å². The second-order valence-corrected chi connectivity index (χ2v) is 6.84. The number of hydrogen-bond donors (Lipinski definition) is 3. The van der Waals surface area contributed by atoms with Gasteiger partial charge in [0.2, 0.25) is 10.0 Å². The van der Waals surface area contributed by atoms with Gasteiger partial charge in [-0.3, -0.25) is 4.79 Å². The molecule has 0 saturated heterocycles. The molecule has 1 unspecified atom stereocenters. The van der Waals surface area contributed by atoms with Crippen LogP contribution in [0.2, 0.25) is 0 Å². The zero-order valence-corrected chi connectivity index (χ0v) is 14.4. The van der Waals surface area contributed by atoms with Gasteiger partial charge in [0, 0.05) is 25.4 Å². The Hall–Kier alpha value is -1.48. The lowest BCUT2D eigenvalue weighted by Gasteiger charge is -2.14. The summed E-state index contributed by atoms with van der Waals surface area (Å²) in [4.78, 5) is 12.1. The predicted octanol–water partition coefficient (Wildman–Crippen LogP) is 1.07. The van der Waals surface area contributed by atoms with E-state index >= 15 is 0 Å². The van der Waals surface area contributed by atoms with Crippen molar-refractivity contribution in [2.75, 3.05) is 25.0 Å². The minimum atomic E-state index is -3.63. The molecule has 130 valence electrons. The minimum absolute atomic E-state index is 0.0725. The highest BCUT2D eigenvalue weighted by atomic mass is 32.2. The van der Waals surface area contributed by atoms with Crippen molar-refractivity contribution in [1.82, 2.24) is 4.72 Å². The summed E-state index contributed by atoms with van der Waals surface area (Å²) >= 11 is 0. The molecule has 0 fully saturated rings. The Kier molecular flexibility index (Phi) is 8.18. The second kappa shape index (κ2) is 9.61. The normalized spacial score (nSPS) is 12.8. The number of ether oxygens (including phenoxy) is 1. The number of carbonyl (C=O) groups is 1. The van der Waals surface area contributed by atoms with Crippen LogP contribution in [0, 0.1) is 0 Å². The fraction of sp³-hybridized carbons (Fsp3) is 0.533. The highest BCUT2D eigenvalue weighted by molar-refractivity contribution is 7.89. The first-order valence-corrected chi connectivity index (χ1v) is 9.11. The summed E-state index contributed by atoms with van der Waals surface area (Å²) in [7, 11) is -3.63. The molecule has 0 aromatic heterocycles. The second-order valence-electron chi connectivity index (χ2n) is 5.07. The van der Waals surface area contributed by atoms with Crippen LogP contribution in [0.3, 0.4) is 0 Å². The van der Waals surface area contributed by atoms with E-state index in [9.17, 15) is 13.2 Å². The predicted molar refractivity (Wildman–Crippen MR) is 89.6 cm³/mol. The van der Waals surface area contributed by atoms with Crippen LogP contribution in [0.25, 0.3) is 0 Å². The van der Waals surface area contributed by atoms with E-state index in [0.717, 1.165) is 12.8 Å². The highest BCUT2D eigenvalue weighted by Crippen LogP contribution is 2.15. The van der Waals surface area contributed by atoms with Crippen LogP contribution in [0.1, 0.15) is 26.7 Å². The van der Waals surface area contributed by atoms with Gasteiger partial charge < -0.3 is 15.8 Å². The summed E-state index contributed by atoms with van der Waals surface area (Å²) in [6, 6.07) is 6.04. The van der Waals surface area contributed by atoms with Crippen LogP contribution < -0.4 is 15.8 Å². The van der Waals surface area contributed by atoms with Gasteiger partial charge in [-0.1, -0.05) is 19.4 Å². The first-order chi connectivity index (χ1) is 10.9. The smallest absolute Gasteiger partial charge is 0.253 e. The maximum absolute atomic E-state index is 12.0. The fourth-order valence-electron chi connectivity index (χ4n) is 1.74. The van der Waals surface area contributed by atoms with Crippen molar-refractivity contribution in [2.24, 2.45) is 5.73 Å². The number of hydrogen-bond acceptors (Lipinski definition) is 5. The van der Waals surface area contributed by atoms with Crippen molar-refractivity contribution in [3.63, 3.8) is 0 Å². The maximum atomic E-state index is 12.0. The average molecular weight is 343 g/mol. The number of carbonyl (C=O) groups excluding carboxylic acids is 1. The van der Waals surface area contributed by atoms with Crippen LogP contribution in [0.4, 0.5) is 5.69 Å². The molecule has 8 heteroatoms. The molecule has 1 amide bonds. The van der Waals surface area contributed by atoms with Gasteiger partial charge in [-0.05, 0) is 31.5 Å². The third kappa shape index (κ3) is 6.66. The number of nitrogens with two attached hydrogens (primary N) is 1. The SMILES string of the molecule is CCCCOC(C)C(=O)Nc1cccc(S(=O)(=O)NCCN)c1. The van der Waals surface area contributed by atoms with Crippen molar-refractivity contribution < 1.29 is 17.9 Å². The summed E-state index contributed by atoms with van der Waals surface area (Å²) in [5.41, 5.74) is 5.69. The largest absolute Gasteiger partial charge is 0.369 e. The third-order valence-electron chi connectivity index (χ3n) is 3.08. The molecule has 4 N–H and O–H groups in total. The van der Waals surface area contributed by atoms with E-state index in [0.29, 0.717) is 12.3 Å². The van der Waals surface area contributed by atoms with E-state index in [1.165, 1.54) is 12.1 Å². The van der Waals surface area contributed by atoms with Gasteiger partial charge in [0.1, 0.15) is 6.10 Å². The minimum Gasteiger partial charge on any atom is -0.369 e. The van der Waals surface area contributed by atoms with Gasteiger partial charge in [-0.2, -0.15) is 0 Å². The fourth-order valence-corrected chi connectivity index (χ4v) is 2.83. The van der Waals surface area contributed by atoms with Crippen LogP contribution >= 0.6 is 0 Å². The van der Waals surface area contributed by atoms with Crippen molar-refractivity contribution in [1.29, 1.82) is 0 Å². The van der Waals surface area contributed by atoms with Crippen molar-refractivity contribution in [3.05, 3.63) is 24.3 Å². The number of nitrogens with one attached hydrogen (secondary N) is 2. The Morgan fingerprint density at radius 1 is 1.39 bits per heavy atom. The molecule has 0 aliphatic rings. The van der Waals surface area contributed by atoms with Gasteiger partial charge in [-0.15, -0.1) is 0 Å². The van der Waals surface area contributed by atoms with E-state index in [2.05, 4.69) is 10.0 Å². The zero-order chi connectivity index (χ0) is 17.3. The third-order valence-corrected chi connectivity index (χ3v) is 4.54. The van der Waals surface area contributed by atoms with Crippen LogP contribution in [-0.4, -0.2) is 40.1 Å². The number of unbranched alkanes of at least 4 members (excludes halogenated alkanes) is 1. The first-order valence-electron chi connectivity index (χ1n) is 7.63. The standard InChI is InChI=1S/C15H25N3O4S/c1-3-4-10-22-12(2)15(19)18-13-6-5-7-14(11-13)23(20,21)17-9-8-16/h5-7,11-12,17H,3-4,8-10,16H2,1-2H3,(H,18,19). The number of anilines is 1. The van der Waals surface area contributed by atoms with E-state index in [1.54, 1.807) is 19.1 Å². The summed E-state index contributed by atoms with van der Waals surface area (Å²) in [6.45, 7) is 4.58. The molecular weight excluding hydrogens is 318 g/mol. The quantitative estimate of drug-likeness (QED) is 0.550. The highest BCUT2D eigenvalue weighted by Gasteiger charge is 2.16. The molecule has 0 bridgehead atoms. The Balaban J connectivity index is 2.71. The lowest BCUT2D eigenvalue weighted by molar-refractivity contribution is -0.126. The average Bonchev–Trinajstić information content (AvgIpc) is 2.53. The summed E-state index contributed by atoms with van der Waals surface area (Å²) in [5.74, 6) is -0.314. The van der Waals surface area contributed by atoms with Crippen LogP contribution in [0.5, 0.6) is 0 Å². The summed E-state index contributed by atoms with van der Waals surface area (Å²) in [5, 5.41) is 2.66. The molecule has 0 radical (unpaired) electrons. The zero-order valence-electron chi connectivity index (χ0n) is 13.5. The molecule has 0 aliphatic heterocycles. The molecule has 23 heavy (non-hydrogen) atoms. The number of rotatable bonds is 10. The van der Waals surface area contributed by atoms with Crippen LogP contribution in [0.15, 0.2) is 29.2 Å². The summed E-state index contributed by atoms with van der Waals surface area (Å²) < 4.78 is 31.8. The molecule has 0 spiro atoms. The number of benzene rings is 1. The molecule has 7 nitrogen and oxygen atoms in total. The van der Waals surface area contributed by atoms with Gasteiger partial charge in [-0.25, -0.2) is 13.1 Å². The van der Waals surface area contributed by atoms with Gasteiger partial charge >= 0.3 is 0 Å². The molecule has 1 aromatic carbocycles. The molecule has 0 heterocycles. The van der Waals surface area contributed by atoms with Crippen molar-refractivity contribution >= 4 is 21.6 Å². The lowest BCUT2D eigenvalue weighted by Crippen LogP contribution is -2.30. The maximum Gasteiger partial charge on any atom is 0.253 e. The molecule has 0 aliphatic carbocycles. The van der Waals surface area contributed by atoms with E-state index in [1.807, 2.05) is 6.92 Å². The van der Waals surface area contributed by atoms with E-state index in [-0.39, 0.29) is 23.9 Å². The summed E-state index contributed by atoms with van der Waals surface area (Å²) in [6.07, 6.45) is 1.28. The van der Waals surface area contributed by atoms with Crippen molar-refractivity contribution in [3.8, 4) is 0 Å². The van der Waals surface area contributed by atoms with E-state index in [4.69, 9.17) is 10.5 Å². The Morgan fingerprint density at radius 3 is 2.78 bits per heavy atom. The molecule has 0 saturated carbocycles. The Labute approximate surface area is 137 Å². The number of amides is 1. The molecular formula is C15H25N3O4S. The van der Waals surface area contributed by atoms with Crippen LogP contribution in [-0.2, 0) is 19.6 Å². The Morgan fingerprint density at radius 2 is 2.13 bits per heavy atom.